The van der Waals surface area contributed by atoms with Crippen LogP contribution in [0.15, 0.2) is 48.9 Å². The van der Waals surface area contributed by atoms with E-state index in [0.29, 0.717) is 5.95 Å². The lowest BCUT2D eigenvalue weighted by atomic mass is 10.1. The Hall–Kier alpha value is -3.27. The standard InChI is InChI=1S/C25H31N9.ClH/c1-3-34(4-2)24-15-21(28-17-29-24)19-5-6-20-22(14-19)31-25(30-20)32-23-13-18(7-8-27-23)16-33-11-9-26-10-12-33;/h5-8,13-15,17,26H,3-4,9-12,16H2,1-2H3,(H2,27,30,31,32);1H. The Bertz CT molecular complexity index is 1250. The third kappa shape index (κ3) is 5.87. The SMILES string of the molecule is CCN(CC)c1cc(-c2ccc3nc(Nc4cc(CN5CCNCC5)ccn4)[nH]c3c2)ncn1.Cl. The number of H-pyrrole nitrogens is 1. The van der Waals surface area contributed by atoms with E-state index in [1.165, 1.54) is 5.56 Å². The Morgan fingerprint density at radius 2 is 1.83 bits per heavy atom. The van der Waals surface area contributed by atoms with Gasteiger partial charge in [0, 0.05) is 63.6 Å². The lowest BCUT2D eigenvalue weighted by Crippen LogP contribution is -2.42. The molecular formula is C25H32ClN9. The van der Waals surface area contributed by atoms with Gasteiger partial charge < -0.3 is 20.5 Å². The van der Waals surface area contributed by atoms with Gasteiger partial charge in [-0.25, -0.2) is 19.9 Å². The maximum Gasteiger partial charge on any atom is 0.206 e. The van der Waals surface area contributed by atoms with Gasteiger partial charge in [0.15, 0.2) is 0 Å². The van der Waals surface area contributed by atoms with Crippen LogP contribution in [0.25, 0.3) is 22.3 Å². The minimum absolute atomic E-state index is 0. The maximum atomic E-state index is 4.69. The molecule has 0 saturated carbocycles. The molecule has 184 valence electrons. The highest BCUT2D eigenvalue weighted by Gasteiger charge is 2.12. The van der Waals surface area contributed by atoms with E-state index in [0.717, 1.165) is 79.7 Å². The van der Waals surface area contributed by atoms with E-state index in [2.05, 4.69) is 72.4 Å². The van der Waals surface area contributed by atoms with Gasteiger partial charge in [-0.2, -0.15) is 0 Å². The molecular weight excluding hydrogens is 462 g/mol. The minimum Gasteiger partial charge on any atom is -0.357 e. The van der Waals surface area contributed by atoms with Gasteiger partial charge in [0.2, 0.25) is 5.95 Å². The zero-order chi connectivity index (χ0) is 23.3. The van der Waals surface area contributed by atoms with Crippen LogP contribution < -0.4 is 15.5 Å². The van der Waals surface area contributed by atoms with E-state index in [4.69, 9.17) is 4.98 Å². The molecule has 3 N–H and O–H groups in total. The summed E-state index contributed by atoms with van der Waals surface area (Å²) in [5, 5.41) is 6.73. The topological polar surface area (TPSA) is 97.9 Å². The Kier molecular flexibility index (Phi) is 8.12. The minimum atomic E-state index is 0. The number of imidazole rings is 1. The summed E-state index contributed by atoms with van der Waals surface area (Å²) < 4.78 is 0. The average molecular weight is 494 g/mol. The quantitative estimate of drug-likeness (QED) is 0.340. The van der Waals surface area contributed by atoms with Crippen molar-refractivity contribution in [2.75, 3.05) is 49.5 Å². The van der Waals surface area contributed by atoms with Crippen molar-refractivity contribution in [3.05, 3.63) is 54.5 Å². The molecule has 4 aromatic rings. The average Bonchev–Trinajstić information content (AvgIpc) is 3.27. The third-order valence-electron chi connectivity index (χ3n) is 6.20. The van der Waals surface area contributed by atoms with Gasteiger partial charge in [-0.15, -0.1) is 12.4 Å². The summed E-state index contributed by atoms with van der Waals surface area (Å²) in [7, 11) is 0. The van der Waals surface area contributed by atoms with Crippen molar-refractivity contribution >= 4 is 41.0 Å². The normalized spacial score (nSPS) is 14.0. The van der Waals surface area contributed by atoms with Gasteiger partial charge in [-0.05, 0) is 43.7 Å². The molecule has 0 atom stereocenters. The molecule has 1 aliphatic heterocycles. The van der Waals surface area contributed by atoms with Crippen LogP contribution in [-0.2, 0) is 6.54 Å². The fourth-order valence-corrected chi connectivity index (χ4v) is 4.34. The van der Waals surface area contributed by atoms with E-state index in [1.807, 2.05) is 24.4 Å². The number of aromatic amines is 1. The van der Waals surface area contributed by atoms with Gasteiger partial charge in [-0.3, -0.25) is 4.90 Å². The lowest BCUT2D eigenvalue weighted by Gasteiger charge is -2.27. The molecule has 0 spiro atoms. The van der Waals surface area contributed by atoms with Crippen molar-refractivity contribution in [1.29, 1.82) is 0 Å². The van der Waals surface area contributed by atoms with Gasteiger partial charge in [-0.1, -0.05) is 6.07 Å². The van der Waals surface area contributed by atoms with Crippen LogP contribution in [-0.4, -0.2) is 69.1 Å². The fraction of sp³-hybridized carbons (Fsp3) is 0.360. The Balaban J connectivity index is 0.00000289. The van der Waals surface area contributed by atoms with Crippen molar-refractivity contribution in [1.82, 2.24) is 35.1 Å². The van der Waals surface area contributed by atoms with Crippen LogP contribution in [0.3, 0.4) is 0 Å². The van der Waals surface area contributed by atoms with Crippen molar-refractivity contribution in [2.24, 2.45) is 0 Å². The van der Waals surface area contributed by atoms with Gasteiger partial charge in [0.25, 0.3) is 0 Å². The second-order valence-electron chi connectivity index (χ2n) is 8.45. The maximum absolute atomic E-state index is 4.69. The molecule has 1 saturated heterocycles. The predicted molar refractivity (Wildman–Crippen MR) is 144 cm³/mol. The molecule has 4 heterocycles. The van der Waals surface area contributed by atoms with Crippen molar-refractivity contribution in [3.63, 3.8) is 0 Å². The number of rotatable bonds is 8. The van der Waals surface area contributed by atoms with Crippen LogP contribution >= 0.6 is 12.4 Å². The first-order chi connectivity index (χ1) is 16.7. The first-order valence-corrected chi connectivity index (χ1v) is 11.9. The molecule has 10 heteroatoms. The highest BCUT2D eigenvalue weighted by molar-refractivity contribution is 5.85. The van der Waals surface area contributed by atoms with Gasteiger partial charge >= 0.3 is 0 Å². The predicted octanol–water partition coefficient (Wildman–Crippen LogP) is 3.83. The van der Waals surface area contributed by atoms with E-state index in [-0.39, 0.29) is 12.4 Å². The number of hydrogen-bond acceptors (Lipinski definition) is 8. The van der Waals surface area contributed by atoms with E-state index >= 15 is 0 Å². The Morgan fingerprint density at radius 1 is 1.00 bits per heavy atom. The smallest absolute Gasteiger partial charge is 0.206 e. The Morgan fingerprint density at radius 3 is 2.63 bits per heavy atom. The van der Waals surface area contributed by atoms with Crippen molar-refractivity contribution in [3.8, 4) is 11.3 Å². The monoisotopic (exact) mass is 493 g/mol. The highest BCUT2D eigenvalue weighted by atomic mass is 35.5. The van der Waals surface area contributed by atoms with Crippen LogP contribution in [0.1, 0.15) is 19.4 Å². The van der Waals surface area contributed by atoms with Crippen LogP contribution in [0, 0.1) is 0 Å². The first-order valence-electron chi connectivity index (χ1n) is 11.9. The van der Waals surface area contributed by atoms with Crippen LogP contribution in [0.4, 0.5) is 17.6 Å². The van der Waals surface area contributed by atoms with E-state index in [1.54, 1.807) is 6.33 Å². The number of piperazine rings is 1. The molecule has 0 radical (unpaired) electrons. The molecule has 35 heavy (non-hydrogen) atoms. The van der Waals surface area contributed by atoms with Gasteiger partial charge in [0.05, 0.1) is 16.7 Å². The lowest BCUT2D eigenvalue weighted by molar-refractivity contribution is 0.233. The molecule has 5 rings (SSSR count). The summed E-state index contributed by atoms with van der Waals surface area (Å²) in [6.45, 7) is 11.2. The summed E-state index contributed by atoms with van der Waals surface area (Å²) >= 11 is 0. The summed E-state index contributed by atoms with van der Waals surface area (Å²) in [5.41, 5.74) is 4.99. The first kappa shape index (κ1) is 24.8. The number of nitrogens with zero attached hydrogens (tertiary/aromatic N) is 6. The molecule has 3 aromatic heterocycles. The van der Waals surface area contributed by atoms with Crippen molar-refractivity contribution in [2.45, 2.75) is 20.4 Å². The number of nitrogens with one attached hydrogen (secondary N) is 3. The van der Waals surface area contributed by atoms with Crippen molar-refractivity contribution < 1.29 is 0 Å². The summed E-state index contributed by atoms with van der Waals surface area (Å²) in [4.78, 5) is 26.2. The summed E-state index contributed by atoms with van der Waals surface area (Å²) in [6.07, 6.45) is 3.48. The molecule has 0 aliphatic carbocycles. The second kappa shape index (κ2) is 11.4. The molecule has 9 nitrogen and oxygen atoms in total. The van der Waals surface area contributed by atoms with Crippen LogP contribution in [0.2, 0.25) is 0 Å². The summed E-state index contributed by atoms with van der Waals surface area (Å²) in [5.74, 6) is 2.39. The molecule has 1 aromatic carbocycles. The second-order valence-corrected chi connectivity index (χ2v) is 8.45. The molecule has 1 fully saturated rings. The van der Waals surface area contributed by atoms with Gasteiger partial charge in [0.1, 0.15) is 18.0 Å². The zero-order valence-corrected chi connectivity index (χ0v) is 21.0. The molecule has 0 amide bonds. The molecule has 1 aliphatic rings. The van der Waals surface area contributed by atoms with E-state index < -0.39 is 0 Å². The number of fused-ring (bicyclic) bond motifs is 1. The number of benzene rings is 1. The number of hydrogen-bond donors (Lipinski definition) is 3. The number of anilines is 3. The largest absolute Gasteiger partial charge is 0.357 e. The van der Waals surface area contributed by atoms with Crippen LogP contribution in [0.5, 0.6) is 0 Å². The highest BCUT2D eigenvalue weighted by Crippen LogP contribution is 2.25. The zero-order valence-electron chi connectivity index (χ0n) is 20.2. The number of aromatic nitrogens is 5. The fourth-order valence-electron chi connectivity index (χ4n) is 4.34. The Labute approximate surface area is 211 Å². The number of halogens is 1. The molecule has 0 bridgehead atoms. The number of pyridine rings is 1. The molecule has 0 unspecified atom stereocenters. The summed E-state index contributed by atoms with van der Waals surface area (Å²) in [6, 6.07) is 12.4. The third-order valence-corrected chi connectivity index (χ3v) is 6.20. The van der Waals surface area contributed by atoms with E-state index in [9.17, 15) is 0 Å².